The number of nitrogens with zero attached hydrogens (tertiary/aromatic N) is 3. The van der Waals surface area contributed by atoms with Crippen LogP contribution in [0.4, 0.5) is 11.4 Å². The van der Waals surface area contributed by atoms with Gasteiger partial charge in [-0.1, -0.05) is 35.5 Å². The number of hydrogen-bond acceptors (Lipinski definition) is 8. The van der Waals surface area contributed by atoms with Gasteiger partial charge in [-0.25, -0.2) is 4.79 Å². The molecule has 3 aromatic rings. The third-order valence-corrected chi connectivity index (χ3v) is 4.73. The van der Waals surface area contributed by atoms with Crippen molar-refractivity contribution in [2.75, 3.05) is 31.2 Å². The van der Waals surface area contributed by atoms with Gasteiger partial charge in [0.2, 0.25) is 0 Å². The van der Waals surface area contributed by atoms with Crippen LogP contribution in [0.2, 0.25) is 0 Å². The van der Waals surface area contributed by atoms with Crippen molar-refractivity contribution in [2.24, 2.45) is 0 Å². The topological polar surface area (TPSA) is 108 Å². The first-order valence-electron chi connectivity index (χ1n) is 9.41. The molecule has 0 spiro atoms. The number of ether oxygens (including phenoxy) is 2. The van der Waals surface area contributed by atoms with E-state index in [0.717, 1.165) is 5.56 Å². The van der Waals surface area contributed by atoms with Gasteiger partial charge < -0.3 is 18.9 Å². The molecule has 0 bridgehead atoms. The fraction of sp³-hybridized carbons (Fsp3) is 0.238. The molecule has 0 unspecified atom stereocenters. The lowest BCUT2D eigenvalue weighted by molar-refractivity contribution is -0.384. The largest absolute Gasteiger partial charge is 0.455 e. The average molecular weight is 409 g/mol. The molecule has 1 saturated heterocycles. The summed E-state index contributed by atoms with van der Waals surface area (Å²) >= 11 is 0. The first-order chi connectivity index (χ1) is 14.6. The molecule has 0 amide bonds. The third-order valence-electron chi connectivity index (χ3n) is 4.73. The summed E-state index contributed by atoms with van der Waals surface area (Å²) in [4.78, 5) is 25.4. The second-order valence-electron chi connectivity index (χ2n) is 6.68. The molecule has 1 aromatic heterocycles. The summed E-state index contributed by atoms with van der Waals surface area (Å²) in [5.74, 6) is -0.101. The van der Waals surface area contributed by atoms with Crippen molar-refractivity contribution in [3.63, 3.8) is 0 Å². The van der Waals surface area contributed by atoms with Crippen molar-refractivity contribution < 1.29 is 23.7 Å². The van der Waals surface area contributed by atoms with E-state index in [1.54, 1.807) is 12.1 Å². The Kier molecular flexibility index (Phi) is 5.71. The SMILES string of the molecule is O=C(OCc1cc(-c2ccccc2)on1)c1cc([N+](=O)[O-])ccc1N1CCOCC1. The van der Waals surface area contributed by atoms with Gasteiger partial charge in [-0.2, -0.15) is 0 Å². The van der Waals surface area contributed by atoms with Crippen LogP contribution in [-0.2, 0) is 16.1 Å². The maximum atomic E-state index is 12.8. The van der Waals surface area contributed by atoms with Gasteiger partial charge in [0.05, 0.1) is 29.4 Å². The van der Waals surface area contributed by atoms with Crippen LogP contribution >= 0.6 is 0 Å². The highest BCUT2D eigenvalue weighted by atomic mass is 16.6. The van der Waals surface area contributed by atoms with E-state index in [1.165, 1.54) is 12.1 Å². The highest BCUT2D eigenvalue weighted by molar-refractivity contribution is 5.96. The predicted molar refractivity (Wildman–Crippen MR) is 107 cm³/mol. The van der Waals surface area contributed by atoms with E-state index in [4.69, 9.17) is 14.0 Å². The van der Waals surface area contributed by atoms with E-state index < -0.39 is 10.9 Å². The molecule has 1 fully saturated rings. The fourth-order valence-corrected chi connectivity index (χ4v) is 3.22. The lowest BCUT2D eigenvalue weighted by Crippen LogP contribution is -2.37. The molecule has 0 aliphatic carbocycles. The second-order valence-corrected chi connectivity index (χ2v) is 6.68. The van der Waals surface area contributed by atoms with Gasteiger partial charge in [-0.3, -0.25) is 10.1 Å². The minimum Gasteiger partial charge on any atom is -0.455 e. The van der Waals surface area contributed by atoms with Crippen molar-refractivity contribution in [1.82, 2.24) is 5.16 Å². The standard InChI is InChI=1S/C21H19N3O6/c25-21(29-14-16-12-20(30-22-16)15-4-2-1-3-5-15)18-13-17(24(26)27)6-7-19(18)23-8-10-28-11-9-23/h1-7,12-13H,8-11,14H2. The molecule has 1 aliphatic rings. The molecule has 154 valence electrons. The predicted octanol–water partition coefficient (Wildman–Crippen LogP) is 3.44. The molecule has 4 rings (SSSR count). The van der Waals surface area contributed by atoms with Crippen molar-refractivity contribution in [3.05, 3.63) is 76.0 Å². The van der Waals surface area contributed by atoms with E-state index in [2.05, 4.69) is 5.16 Å². The van der Waals surface area contributed by atoms with E-state index in [-0.39, 0.29) is 17.9 Å². The van der Waals surface area contributed by atoms with Crippen LogP contribution in [-0.4, -0.2) is 42.4 Å². The monoisotopic (exact) mass is 409 g/mol. The molecule has 0 atom stereocenters. The maximum Gasteiger partial charge on any atom is 0.340 e. The highest BCUT2D eigenvalue weighted by Gasteiger charge is 2.23. The molecule has 9 nitrogen and oxygen atoms in total. The Morgan fingerprint density at radius 2 is 1.90 bits per heavy atom. The molecule has 0 N–H and O–H groups in total. The lowest BCUT2D eigenvalue weighted by atomic mass is 10.1. The van der Waals surface area contributed by atoms with Gasteiger partial charge in [0.15, 0.2) is 5.76 Å². The number of esters is 1. The first-order valence-corrected chi connectivity index (χ1v) is 9.41. The molecular formula is C21H19N3O6. The summed E-state index contributed by atoms with van der Waals surface area (Å²) in [7, 11) is 0. The number of benzene rings is 2. The molecule has 9 heteroatoms. The number of non-ortho nitro benzene ring substituents is 1. The Morgan fingerprint density at radius 3 is 2.63 bits per heavy atom. The zero-order valence-corrected chi connectivity index (χ0v) is 16.0. The molecule has 1 aliphatic heterocycles. The molecule has 30 heavy (non-hydrogen) atoms. The number of nitro groups is 1. The fourth-order valence-electron chi connectivity index (χ4n) is 3.22. The Morgan fingerprint density at radius 1 is 1.13 bits per heavy atom. The summed E-state index contributed by atoms with van der Waals surface area (Å²) < 4.78 is 16.0. The van der Waals surface area contributed by atoms with Crippen LogP contribution in [0.3, 0.4) is 0 Å². The van der Waals surface area contributed by atoms with Crippen LogP contribution in [0, 0.1) is 10.1 Å². The minimum absolute atomic E-state index is 0.111. The number of hydrogen-bond donors (Lipinski definition) is 0. The summed E-state index contributed by atoms with van der Waals surface area (Å²) in [5, 5.41) is 15.1. The van der Waals surface area contributed by atoms with Gasteiger partial charge in [-0.15, -0.1) is 0 Å². The molecular weight excluding hydrogens is 390 g/mol. The van der Waals surface area contributed by atoms with Crippen molar-refractivity contribution in [1.29, 1.82) is 0 Å². The number of anilines is 1. The third kappa shape index (κ3) is 4.31. The van der Waals surface area contributed by atoms with Crippen LogP contribution in [0.1, 0.15) is 16.1 Å². The quantitative estimate of drug-likeness (QED) is 0.346. The number of aromatic nitrogens is 1. The maximum absolute atomic E-state index is 12.8. The number of nitro benzene ring substituents is 1. The molecule has 2 aromatic carbocycles. The van der Waals surface area contributed by atoms with Gasteiger partial charge in [0.25, 0.3) is 5.69 Å². The molecule has 0 radical (unpaired) electrons. The number of morpholine rings is 1. The van der Waals surface area contributed by atoms with Gasteiger partial charge in [0, 0.05) is 36.9 Å². The van der Waals surface area contributed by atoms with E-state index in [1.807, 2.05) is 35.2 Å². The first kappa shape index (κ1) is 19.6. The number of carbonyl (C=O) groups excluding carboxylic acids is 1. The van der Waals surface area contributed by atoms with Crippen LogP contribution in [0.5, 0.6) is 0 Å². The summed E-state index contributed by atoms with van der Waals surface area (Å²) in [6.45, 7) is 2.10. The van der Waals surface area contributed by atoms with E-state index in [0.29, 0.717) is 43.4 Å². The van der Waals surface area contributed by atoms with Crippen molar-refractivity contribution in [3.8, 4) is 11.3 Å². The summed E-state index contributed by atoms with van der Waals surface area (Å²) in [6.07, 6.45) is 0. The second kappa shape index (κ2) is 8.75. The van der Waals surface area contributed by atoms with Crippen molar-refractivity contribution >= 4 is 17.3 Å². The van der Waals surface area contributed by atoms with Crippen LogP contribution in [0.25, 0.3) is 11.3 Å². The Labute approximate surface area is 171 Å². The zero-order valence-electron chi connectivity index (χ0n) is 16.0. The zero-order chi connectivity index (χ0) is 20.9. The Hall–Kier alpha value is -3.72. The number of rotatable bonds is 6. The van der Waals surface area contributed by atoms with Crippen molar-refractivity contribution in [2.45, 2.75) is 6.61 Å². The van der Waals surface area contributed by atoms with Gasteiger partial charge in [0.1, 0.15) is 12.3 Å². The minimum atomic E-state index is -0.663. The summed E-state index contributed by atoms with van der Waals surface area (Å²) in [5.41, 5.74) is 1.85. The Bertz CT molecular complexity index is 1040. The van der Waals surface area contributed by atoms with Crippen LogP contribution < -0.4 is 4.90 Å². The normalized spacial score (nSPS) is 13.8. The van der Waals surface area contributed by atoms with E-state index >= 15 is 0 Å². The van der Waals surface area contributed by atoms with Crippen LogP contribution in [0.15, 0.2) is 59.1 Å². The smallest absolute Gasteiger partial charge is 0.340 e. The highest BCUT2D eigenvalue weighted by Crippen LogP contribution is 2.28. The number of carbonyl (C=O) groups is 1. The molecule has 0 saturated carbocycles. The molecule has 2 heterocycles. The van der Waals surface area contributed by atoms with Gasteiger partial charge >= 0.3 is 5.97 Å². The lowest BCUT2D eigenvalue weighted by Gasteiger charge is -2.30. The summed E-state index contributed by atoms with van der Waals surface area (Å²) in [6, 6.07) is 15.3. The van der Waals surface area contributed by atoms with E-state index in [9.17, 15) is 14.9 Å². The van der Waals surface area contributed by atoms with Gasteiger partial charge in [-0.05, 0) is 6.07 Å². The Balaban J connectivity index is 1.51. The average Bonchev–Trinajstić information content (AvgIpc) is 3.27.